The second-order valence-corrected chi connectivity index (χ2v) is 10.3. The Hall–Kier alpha value is -2.45. The monoisotopic (exact) mass is 465 g/mol. The van der Waals surface area contributed by atoms with Crippen LogP contribution in [0.2, 0.25) is 0 Å². The van der Waals surface area contributed by atoms with Gasteiger partial charge in [-0.15, -0.1) is 0 Å². The fourth-order valence-corrected chi connectivity index (χ4v) is 6.11. The topological polar surface area (TPSA) is 71.9 Å². The molecular formula is C26H39N7O. The second kappa shape index (κ2) is 10.0. The van der Waals surface area contributed by atoms with Crippen LogP contribution in [0.4, 0.5) is 17.5 Å². The van der Waals surface area contributed by atoms with Gasteiger partial charge in [-0.05, 0) is 70.1 Å². The van der Waals surface area contributed by atoms with Crippen molar-refractivity contribution in [3.8, 4) is 0 Å². The Labute approximate surface area is 203 Å². The van der Waals surface area contributed by atoms with E-state index >= 15 is 0 Å². The third kappa shape index (κ3) is 4.58. The van der Waals surface area contributed by atoms with Crippen molar-refractivity contribution in [1.29, 1.82) is 0 Å². The Balaban J connectivity index is 1.31. The second-order valence-electron chi connectivity index (χ2n) is 10.3. The number of aliphatic hydroxyl groups excluding tert-OH is 1. The Morgan fingerprint density at radius 2 is 1.71 bits per heavy atom. The fourth-order valence-electron chi connectivity index (χ4n) is 6.11. The number of aryl methyl sites for hydroxylation is 1. The normalized spacial score (nSPS) is 26.4. The van der Waals surface area contributed by atoms with E-state index in [0.717, 1.165) is 54.8 Å². The highest BCUT2D eigenvalue weighted by Gasteiger charge is 2.34. The van der Waals surface area contributed by atoms with Crippen LogP contribution >= 0.6 is 0 Å². The molecule has 3 fully saturated rings. The molecule has 3 aliphatic heterocycles. The van der Waals surface area contributed by atoms with Gasteiger partial charge in [-0.2, -0.15) is 0 Å². The molecule has 5 heterocycles. The predicted octanol–water partition coefficient (Wildman–Crippen LogP) is 3.19. The third-order valence-electron chi connectivity index (χ3n) is 7.90. The Kier molecular flexibility index (Phi) is 6.88. The van der Waals surface area contributed by atoms with E-state index in [0.29, 0.717) is 18.2 Å². The number of rotatable bonds is 5. The maximum Gasteiger partial charge on any atom is 0.135 e. The number of aliphatic hydroxyl groups is 1. The predicted molar refractivity (Wildman–Crippen MR) is 136 cm³/mol. The van der Waals surface area contributed by atoms with Gasteiger partial charge in [0.2, 0.25) is 0 Å². The SMILES string of the molecule is Cc1cc(CO)cnc1N1CCN(c2cc(N3CCCCC3N3CCCC3C)ncn2)C(C)C1. The van der Waals surface area contributed by atoms with Crippen molar-refractivity contribution in [2.45, 2.75) is 77.7 Å². The summed E-state index contributed by atoms with van der Waals surface area (Å²) >= 11 is 0. The van der Waals surface area contributed by atoms with E-state index in [1.54, 1.807) is 12.5 Å². The smallest absolute Gasteiger partial charge is 0.135 e. The molecule has 0 aliphatic carbocycles. The molecule has 0 bridgehead atoms. The highest BCUT2D eigenvalue weighted by atomic mass is 16.3. The lowest BCUT2D eigenvalue weighted by atomic mass is 10.1. The molecule has 0 spiro atoms. The zero-order chi connectivity index (χ0) is 23.7. The molecule has 2 aromatic rings. The molecule has 0 saturated carbocycles. The van der Waals surface area contributed by atoms with Crippen molar-refractivity contribution in [1.82, 2.24) is 19.9 Å². The van der Waals surface area contributed by atoms with Crippen LogP contribution in [-0.4, -0.2) is 75.9 Å². The molecule has 0 radical (unpaired) electrons. The first kappa shape index (κ1) is 23.3. The van der Waals surface area contributed by atoms with Gasteiger partial charge in [0.25, 0.3) is 0 Å². The largest absolute Gasteiger partial charge is 0.392 e. The molecular weight excluding hydrogens is 426 g/mol. The molecule has 8 nitrogen and oxygen atoms in total. The molecule has 3 unspecified atom stereocenters. The van der Waals surface area contributed by atoms with Crippen LogP contribution in [0, 0.1) is 6.92 Å². The van der Waals surface area contributed by atoms with Gasteiger partial charge in [0.15, 0.2) is 0 Å². The first-order valence-corrected chi connectivity index (χ1v) is 13.0. The standard InChI is InChI=1S/C26H39N7O/c1-19-13-22(17-34)15-27-26(19)30-11-12-31(21(3)16-30)23-14-24(29-18-28-23)33-9-5-4-8-25(33)32-10-6-7-20(32)2/h13-15,18,20-21,25,34H,4-12,16-17H2,1-3H3. The lowest BCUT2D eigenvalue weighted by Crippen LogP contribution is -2.53. The highest BCUT2D eigenvalue weighted by molar-refractivity contribution is 5.54. The molecule has 3 atom stereocenters. The molecule has 34 heavy (non-hydrogen) atoms. The number of aromatic nitrogens is 3. The average molecular weight is 466 g/mol. The summed E-state index contributed by atoms with van der Waals surface area (Å²) in [4.78, 5) is 24.1. The first-order valence-electron chi connectivity index (χ1n) is 13.0. The quantitative estimate of drug-likeness (QED) is 0.722. The van der Waals surface area contributed by atoms with Crippen molar-refractivity contribution in [2.75, 3.05) is 47.4 Å². The van der Waals surface area contributed by atoms with Gasteiger partial charge in [0, 0.05) is 57.1 Å². The van der Waals surface area contributed by atoms with Crippen LogP contribution in [0.15, 0.2) is 24.7 Å². The summed E-state index contributed by atoms with van der Waals surface area (Å²) in [5, 5.41) is 9.40. The molecule has 2 aromatic heterocycles. The summed E-state index contributed by atoms with van der Waals surface area (Å²) in [7, 11) is 0. The van der Waals surface area contributed by atoms with Gasteiger partial charge in [0.1, 0.15) is 23.8 Å². The van der Waals surface area contributed by atoms with Crippen LogP contribution in [0.3, 0.4) is 0 Å². The fraction of sp³-hybridized carbons (Fsp3) is 0.654. The van der Waals surface area contributed by atoms with Gasteiger partial charge in [-0.1, -0.05) is 0 Å². The van der Waals surface area contributed by atoms with Gasteiger partial charge in [-0.3, -0.25) is 4.90 Å². The van der Waals surface area contributed by atoms with E-state index in [9.17, 15) is 5.11 Å². The molecule has 8 heteroatoms. The molecule has 0 aromatic carbocycles. The Morgan fingerprint density at radius 3 is 2.41 bits per heavy atom. The maximum absolute atomic E-state index is 9.40. The number of hydrogen-bond acceptors (Lipinski definition) is 8. The number of pyridine rings is 1. The van der Waals surface area contributed by atoms with Gasteiger partial charge >= 0.3 is 0 Å². The van der Waals surface area contributed by atoms with Gasteiger partial charge in [0.05, 0.1) is 12.8 Å². The molecule has 184 valence electrons. The van der Waals surface area contributed by atoms with Crippen LogP contribution in [0.25, 0.3) is 0 Å². The minimum atomic E-state index is 0.0306. The number of nitrogens with zero attached hydrogens (tertiary/aromatic N) is 7. The Bertz CT molecular complexity index is 985. The van der Waals surface area contributed by atoms with E-state index in [1.807, 2.05) is 6.07 Å². The first-order chi connectivity index (χ1) is 16.5. The van der Waals surface area contributed by atoms with E-state index in [1.165, 1.54) is 38.6 Å². The van der Waals surface area contributed by atoms with Crippen molar-refractivity contribution in [3.63, 3.8) is 0 Å². The highest BCUT2D eigenvalue weighted by Crippen LogP contribution is 2.32. The molecule has 5 rings (SSSR count). The zero-order valence-electron chi connectivity index (χ0n) is 20.9. The van der Waals surface area contributed by atoms with Crippen LogP contribution in [0.5, 0.6) is 0 Å². The van der Waals surface area contributed by atoms with Gasteiger partial charge in [-0.25, -0.2) is 15.0 Å². The zero-order valence-corrected chi connectivity index (χ0v) is 20.9. The van der Waals surface area contributed by atoms with E-state index in [4.69, 9.17) is 9.97 Å². The summed E-state index contributed by atoms with van der Waals surface area (Å²) in [6.07, 6.45) is 10.4. The molecule has 3 saturated heterocycles. The van der Waals surface area contributed by atoms with E-state index in [-0.39, 0.29) is 6.61 Å². The number of likely N-dealkylation sites (tertiary alicyclic amines) is 1. The van der Waals surface area contributed by atoms with Crippen LogP contribution < -0.4 is 14.7 Å². The van der Waals surface area contributed by atoms with Gasteiger partial charge < -0.3 is 19.8 Å². The lowest BCUT2D eigenvalue weighted by molar-refractivity contribution is 0.157. The third-order valence-corrected chi connectivity index (χ3v) is 7.90. The van der Waals surface area contributed by atoms with Crippen molar-refractivity contribution < 1.29 is 5.11 Å². The van der Waals surface area contributed by atoms with Crippen molar-refractivity contribution in [3.05, 3.63) is 35.8 Å². The number of piperidine rings is 1. The van der Waals surface area contributed by atoms with Crippen LogP contribution in [-0.2, 0) is 6.61 Å². The molecule has 0 amide bonds. The minimum absolute atomic E-state index is 0.0306. The molecule has 3 aliphatic rings. The number of hydrogen-bond donors (Lipinski definition) is 1. The average Bonchev–Trinajstić information content (AvgIpc) is 3.29. The number of anilines is 3. The summed E-state index contributed by atoms with van der Waals surface area (Å²) in [6.45, 7) is 11.7. The van der Waals surface area contributed by atoms with E-state index < -0.39 is 0 Å². The summed E-state index contributed by atoms with van der Waals surface area (Å²) in [5.41, 5.74) is 1.98. The van der Waals surface area contributed by atoms with Crippen molar-refractivity contribution >= 4 is 17.5 Å². The summed E-state index contributed by atoms with van der Waals surface area (Å²) < 4.78 is 0. The molecule has 1 N–H and O–H groups in total. The Morgan fingerprint density at radius 1 is 0.882 bits per heavy atom. The number of piperazine rings is 1. The summed E-state index contributed by atoms with van der Waals surface area (Å²) in [5.74, 6) is 3.11. The maximum atomic E-state index is 9.40. The lowest BCUT2D eigenvalue weighted by Gasteiger charge is -2.44. The summed E-state index contributed by atoms with van der Waals surface area (Å²) in [6, 6.07) is 5.21. The van der Waals surface area contributed by atoms with Crippen molar-refractivity contribution in [2.24, 2.45) is 0 Å². The minimum Gasteiger partial charge on any atom is -0.392 e. The van der Waals surface area contributed by atoms with Crippen LogP contribution in [0.1, 0.15) is 57.1 Å². The van der Waals surface area contributed by atoms with E-state index in [2.05, 4.69) is 51.4 Å².